The monoisotopic (exact) mass is 478 g/mol. The van der Waals surface area contributed by atoms with E-state index in [2.05, 4.69) is 25.4 Å². The second-order valence-corrected chi connectivity index (χ2v) is 7.64. The second-order valence-electron chi connectivity index (χ2n) is 6.87. The van der Waals surface area contributed by atoms with Crippen molar-refractivity contribution in [3.63, 3.8) is 0 Å². The van der Waals surface area contributed by atoms with Crippen LogP contribution in [0.25, 0.3) is 16.7 Å². The Hall–Kier alpha value is -3.99. The maximum Gasteiger partial charge on any atom is 0.343 e. The van der Waals surface area contributed by atoms with Gasteiger partial charge in [-0.1, -0.05) is 30.0 Å². The smallest absolute Gasteiger partial charge is 0.343 e. The Morgan fingerprint density at radius 3 is 2.44 bits per heavy atom. The van der Waals surface area contributed by atoms with Gasteiger partial charge in [-0.2, -0.15) is 9.78 Å². The highest BCUT2D eigenvalue weighted by molar-refractivity contribution is 7.98. The molecule has 0 aliphatic heterocycles. The molecule has 4 aromatic rings. The molecule has 10 nitrogen and oxygen atoms in total. The highest BCUT2D eigenvalue weighted by Gasteiger charge is 2.24. The number of fused-ring (bicyclic) bond motifs is 1. The number of esters is 2. The Kier molecular flexibility index (Phi) is 7.02. The number of benzene rings is 1. The summed E-state index contributed by atoms with van der Waals surface area (Å²) >= 11 is 1.31. The molecule has 0 saturated carbocycles. The summed E-state index contributed by atoms with van der Waals surface area (Å²) in [6.45, 7) is 3.81. The van der Waals surface area contributed by atoms with E-state index in [9.17, 15) is 9.59 Å². The highest BCUT2D eigenvalue weighted by atomic mass is 32.2. The molecule has 1 aromatic carbocycles. The lowest BCUT2D eigenvalue weighted by atomic mass is 10.2. The summed E-state index contributed by atoms with van der Waals surface area (Å²) in [4.78, 5) is 38.5. The molecule has 3 aromatic heterocycles. The van der Waals surface area contributed by atoms with E-state index >= 15 is 0 Å². The second kappa shape index (κ2) is 10.3. The van der Waals surface area contributed by atoms with Gasteiger partial charge in [-0.05, 0) is 38.3 Å². The molecule has 0 fully saturated rings. The number of anilines is 2. The van der Waals surface area contributed by atoms with E-state index in [0.29, 0.717) is 11.0 Å². The van der Waals surface area contributed by atoms with Crippen LogP contribution in [0.1, 0.15) is 34.6 Å². The van der Waals surface area contributed by atoms with Gasteiger partial charge in [-0.25, -0.2) is 24.5 Å². The Balaban J connectivity index is 1.85. The molecule has 34 heavy (non-hydrogen) atoms. The van der Waals surface area contributed by atoms with Crippen molar-refractivity contribution in [2.75, 3.05) is 24.8 Å². The molecule has 0 radical (unpaired) electrons. The minimum absolute atomic E-state index is 0.119. The van der Waals surface area contributed by atoms with E-state index in [4.69, 9.17) is 9.47 Å². The fourth-order valence-electron chi connectivity index (χ4n) is 3.20. The van der Waals surface area contributed by atoms with Crippen molar-refractivity contribution in [2.24, 2.45) is 0 Å². The average Bonchev–Trinajstić information content (AvgIpc) is 3.27. The van der Waals surface area contributed by atoms with Crippen molar-refractivity contribution < 1.29 is 19.1 Å². The lowest BCUT2D eigenvalue weighted by Gasteiger charge is -2.14. The van der Waals surface area contributed by atoms with E-state index in [1.165, 1.54) is 28.8 Å². The first-order valence-electron chi connectivity index (χ1n) is 10.5. The molecule has 0 spiro atoms. The van der Waals surface area contributed by atoms with Crippen LogP contribution in [0, 0.1) is 0 Å². The number of rotatable bonds is 8. The molecule has 0 aliphatic rings. The normalized spacial score (nSPS) is 10.8. The summed E-state index contributed by atoms with van der Waals surface area (Å²) in [7, 11) is 0. The zero-order chi connectivity index (χ0) is 24.1. The largest absolute Gasteiger partial charge is 0.462 e. The van der Waals surface area contributed by atoms with Crippen LogP contribution in [0.5, 0.6) is 0 Å². The number of thioether (sulfide) groups is 1. The van der Waals surface area contributed by atoms with Crippen LogP contribution >= 0.6 is 11.8 Å². The van der Waals surface area contributed by atoms with Gasteiger partial charge >= 0.3 is 11.9 Å². The molecule has 4 rings (SSSR count). The third kappa shape index (κ3) is 4.69. The standard InChI is InChI=1S/C23H22N6O4S/c1-4-32-21(30)15-12-24-23(34-3)28-19(15)27-20-16(22(31)33-5-2)13-25-29(20)18-11-10-14-8-6-7-9-17(14)26-18/h6-13H,4-5H2,1-3H3,(H,24,27,28). The molecule has 1 N–H and O–H groups in total. The first kappa shape index (κ1) is 23.2. The van der Waals surface area contributed by atoms with Crippen LogP contribution in [-0.4, -0.2) is 56.1 Å². The van der Waals surface area contributed by atoms with E-state index < -0.39 is 11.9 Å². The predicted octanol–water partition coefficient (Wildman–Crippen LogP) is 4.03. The lowest BCUT2D eigenvalue weighted by Crippen LogP contribution is -2.14. The van der Waals surface area contributed by atoms with Gasteiger partial charge in [0.1, 0.15) is 11.1 Å². The summed E-state index contributed by atoms with van der Waals surface area (Å²) in [5, 5.41) is 8.85. The van der Waals surface area contributed by atoms with E-state index in [-0.39, 0.29) is 36.0 Å². The Morgan fingerprint density at radius 1 is 0.971 bits per heavy atom. The number of pyridine rings is 1. The van der Waals surface area contributed by atoms with Gasteiger partial charge in [0.2, 0.25) is 0 Å². The topological polar surface area (TPSA) is 121 Å². The van der Waals surface area contributed by atoms with Crippen molar-refractivity contribution in [3.8, 4) is 5.82 Å². The Morgan fingerprint density at radius 2 is 1.71 bits per heavy atom. The number of ether oxygens (including phenoxy) is 2. The molecule has 0 bridgehead atoms. The number of hydrogen-bond donors (Lipinski definition) is 1. The van der Waals surface area contributed by atoms with E-state index in [1.807, 2.05) is 36.6 Å². The summed E-state index contributed by atoms with van der Waals surface area (Å²) in [5.41, 5.74) is 1.04. The zero-order valence-corrected chi connectivity index (χ0v) is 19.6. The minimum atomic E-state index is -0.592. The molecular formula is C23H22N6O4S. The molecule has 0 unspecified atom stereocenters. The van der Waals surface area contributed by atoms with Gasteiger partial charge in [-0.3, -0.25) is 0 Å². The van der Waals surface area contributed by atoms with Gasteiger partial charge in [-0.15, -0.1) is 0 Å². The highest BCUT2D eigenvalue weighted by Crippen LogP contribution is 2.27. The third-order valence-electron chi connectivity index (χ3n) is 4.75. The lowest BCUT2D eigenvalue weighted by molar-refractivity contribution is 0.0518. The van der Waals surface area contributed by atoms with E-state index in [1.54, 1.807) is 19.9 Å². The molecule has 0 atom stereocenters. The molecular weight excluding hydrogens is 456 g/mol. The van der Waals surface area contributed by atoms with Crippen molar-refractivity contribution in [2.45, 2.75) is 19.0 Å². The summed E-state index contributed by atoms with van der Waals surface area (Å²) < 4.78 is 11.8. The quantitative estimate of drug-likeness (QED) is 0.226. The van der Waals surface area contributed by atoms with Crippen molar-refractivity contribution >= 4 is 46.2 Å². The molecule has 0 amide bonds. The first-order valence-corrected chi connectivity index (χ1v) is 11.7. The number of nitrogens with zero attached hydrogens (tertiary/aromatic N) is 5. The van der Waals surface area contributed by atoms with Gasteiger partial charge in [0.05, 0.1) is 24.9 Å². The van der Waals surface area contributed by atoms with Crippen LogP contribution in [0.4, 0.5) is 11.6 Å². The van der Waals surface area contributed by atoms with Gasteiger partial charge in [0.15, 0.2) is 22.6 Å². The number of para-hydroxylation sites is 1. The Bertz CT molecular complexity index is 1360. The number of hydrogen-bond acceptors (Lipinski definition) is 10. The number of aromatic nitrogens is 5. The number of nitrogens with one attached hydrogen (secondary N) is 1. The average molecular weight is 479 g/mol. The van der Waals surface area contributed by atoms with Crippen LogP contribution in [-0.2, 0) is 9.47 Å². The van der Waals surface area contributed by atoms with Crippen molar-refractivity contribution in [1.82, 2.24) is 24.7 Å². The summed E-state index contributed by atoms with van der Waals surface area (Å²) in [5.74, 6) is -0.281. The predicted molar refractivity (Wildman–Crippen MR) is 128 cm³/mol. The van der Waals surface area contributed by atoms with Gasteiger partial charge in [0.25, 0.3) is 0 Å². The molecule has 174 valence electrons. The summed E-state index contributed by atoms with van der Waals surface area (Å²) in [6, 6.07) is 11.4. The van der Waals surface area contributed by atoms with Crippen LogP contribution in [0.2, 0.25) is 0 Å². The first-order chi connectivity index (χ1) is 16.5. The zero-order valence-electron chi connectivity index (χ0n) is 18.8. The van der Waals surface area contributed by atoms with Crippen molar-refractivity contribution in [1.29, 1.82) is 0 Å². The van der Waals surface area contributed by atoms with Crippen LogP contribution in [0.15, 0.2) is 53.9 Å². The van der Waals surface area contributed by atoms with Crippen LogP contribution < -0.4 is 5.32 Å². The molecule has 0 aliphatic carbocycles. The third-order valence-corrected chi connectivity index (χ3v) is 5.31. The minimum Gasteiger partial charge on any atom is -0.462 e. The Labute approximate surface area is 199 Å². The fourth-order valence-corrected chi connectivity index (χ4v) is 3.54. The maximum absolute atomic E-state index is 12.7. The molecule has 3 heterocycles. The van der Waals surface area contributed by atoms with E-state index in [0.717, 1.165) is 10.9 Å². The molecule has 11 heteroatoms. The number of carbonyl (C=O) groups is 2. The fraction of sp³-hybridized carbons (Fsp3) is 0.217. The SMILES string of the molecule is CCOC(=O)c1cnc(SC)nc1Nc1c(C(=O)OCC)cnn1-c1ccc2ccccc2n1. The van der Waals surface area contributed by atoms with Crippen molar-refractivity contribution in [3.05, 3.63) is 59.9 Å². The van der Waals surface area contributed by atoms with Gasteiger partial charge in [0, 0.05) is 11.6 Å². The summed E-state index contributed by atoms with van der Waals surface area (Å²) in [6.07, 6.45) is 4.59. The van der Waals surface area contributed by atoms with Gasteiger partial charge < -0.3 is 14.8 Å². The number of carbonyl (C=O) groups excluding carboxylic acids is 2. The molecule has 0 saturated heterocycles. The van der Waals surface area contributed by atoms with Crippen LogP contribution in [0.3, 0.4) is 0 Å². The maximum atomic E-state index is 12.7.